The van der Waals surface area contributed by atoms with E-state index in [1.54, 1.807) is 23.3 Å². The van der Waals surface area contributed by atoms with E-state index < -0.39 is 0 Å². The molecule has 0 atom stereocenters. The first kappa shape index (κ1) is 33.7. The van der Waals surface area contributed by atoms with Gasteiger partial charge in [0.15, 0.2) is 0 Å². The molecule has 2 amide bonds. The molecule has 0 bridgehead atoms. The molecule has 5 rings (SSSR count). The summed E-state index contributed by atoms with van der Waals surface area (Å²) in [5.41, 5.74) is 9.97. The standard InChI is InChI=1S/C21H19N3O2.C7H14N2O2.C2H6.CH4S/c1-13(2)25-19-10-9-15(11-16(19)12-22)21-23-20(24-26-21)18-8-4-6-14-5-3-7-17(14)18;8-7(11)9-3-1-6(5-10)2-4-9;2*1-2/h4,6,8-11,13H,3,5,7H2,1-2H3;6,10H,1-5H2,(H2,8,11);1-2H3;2H,1H3. The van der Waals surface area contributed by atoms with Crippen molar-refractivity contribution in [2.45, 2.75) is 65.9 Å². The summed E-state index contributed by atoms with van der Waals surface area (Å²) in [6, 6.07) is 13.4. The SMILES string of the molecule is CC.CC(C)Oc1ccc(-c2nc(-c3cccc4c3CCC4)no2)cc1C#N.CS.NC(=O)N1CCC(CO)CC1. The molecule has 0 spiro atoms. The van der Waals surface area contributed by atoms with E-state index in [1.807, 2.05) is 45.9 Å². The second-order valence-corrected chi connectivity index (χ2v) is 9.66. The van der Waals surface area contributed by atoms with E-state index in [0.717, 1.165) is 31.2 Å². The van der Waals surface area contributed by atoms with Gasteiger partial charge in [-0.2, -0.15) is 22.9 Å². The monoisotopic (exact) mass is 581 g/mol. The lowest BCUT2D eigenvalue weighted by molar-refractivity contribution is 0.142. The van der Waals surface area contributed by atoms with Crippen LogP contribution in [0.2, 0.25) is 0 Å². The number of piperidine rings is 1. The van der Waals surface area contributed by atoms with E-state index >= 15 is 0 Å². The topological polar surface area (TPSA) is 138 Å². The van der Waals surface area contributed by atoms with Crippen LogP contribution in [-0.2, 0) is 12.8 Å². The van der Waals surface area contributed by atoms with Crippen molar-refractivity contribution in [2.75, 3.05) is 26.0 Å². The molecule has 0 radical (unpaired) electrons. The van der Waals surface area contributed by atoms with Crippen molar-refractivity contribution in [3.05, 3.63) is 53.1 Å². The first-order valence-corrected chi connectivity index (χ1v) is 15.0. The van der Waals surface area contributed by atoms with Crippen LogP contribution in [0.25, 0.3) is 22.8 Å². The van der Waals surface area contributed by atoms with Crippen LogP contribution in [-0.4, -0.2) is 58.2 Å². The summed E-state index contributed by atoms with van der Waals surface area (Å²) in [5, 5.41) is 22.3. The Kier molecular flexibility index (Phi) is 14.2. The minimum Gasteiger partial charge on any atom is -0.490 e. The van der Waals surface area contributed by atoms with Crippen LogP contribution in [0.15, 0.2) is 40.9 Å². The Bertz CT molecular complexity index is 1280. The van der Waals surface area contributed by atoms with Gasteiger partial charge in [-0.25, -0.2) is 4.79 Å². The van der Waals surface area contributed by atoms with Crippen LogP contribution in [0.1, 0.15) is 63.6 Å². The number of fused-ring (bicyclic) bond motifs is 1. The van der Waals surface area contributed by atoms with Gasteiger partial charge >= 0.3 is 6.03 Å². The lowest BCUT2D eigenvalue weighted by Gasteiger charge is -2.29. The molecule has 9 nitrogen and oxygen atoms in total. The number of hydrogen-bond donors (Lipinski definition) is 3. The number of primary amides is 1. The maximum Gasteiger partial charge on any atom is 0.314 e. The molecule has 3 aromatic rings. The molecule has 10 heteroatoms. The zero-order valence-electron chi connectivity index (χ0n) is 24.8. The highest BCUT2D eigenvalue weighted by Gasteiger charge is 2.21. The van der Waals surface area contributed by atoms with Crippen molar-refractivity contribution in [3.8, 4) is 34.7 Å². The van der Waals surface area contributed by atoms with Gasteiger partial charge in [-0.1, -0.05) is 37.2 Å². The predicted molar refractivity (Wildman–Crippen MR) is 165 cm³/mol. The number of amides is 2. The number of nitriles is 1. The van der Waals surface area contributed by atoms with Gasteiger partial charge in [0.05, 0.1) is 11.7 Å². The Morgan fingerprint density at radius 1 is 1.22 bits per heavy atom. The first-order valence-electron chi connectivity index (χ1n) is 14.2. The number of aliphatic hydroxyl groups is 1. The summed E-state index contributed by atoms with van der Waals surface area (Å²) in [4.78, 5) is 16.8. The van der Waals surface area contributed by atoms with Gasteiger partial charge in [-0.05, 0) is 87.5 Å². The molecule has 3 N–H and O–H groups in total. The van der Waals surface area contributed by atoms with Crippen LogP contribution >= 0.6 is 12.6 Å². The number of carbonyl (C=O) groups excluding carboxylic acids is 1. The molecular formula is C31H43N5O4S. The number of likely N-dealkylation sites (tertiary alicyclic amines) is 1. The minimum atomic E-state index is -0.346. The Hall–Kier alpha value is -3.55. The number of nitrogens with two attached hydrogens (primary N) is 1. The zero-order valence-corrected chi connectivity index (χ0v) is 25.7. The third-order valence-electron chi connectivity index (χ3n) is 6.71. The Balaban J connectivity index is 0.000000329. The fourth-order valence-electron chi connectivity index (χ4n) is 4.72. The van der Waals surface area contributed by atoms with E-state index in [2.05, 4.69) is 34.9 Å². The average molecular weight is 582 g/mol. The Labute approximate surface area is 249 Å². The van der Waals surface area contributed by atoms with Crippen molar-refractivity contribution in [1.82, 2.24) is 15.0 Å². The fraction of sp³-hybridized carbons (Fsp3) is 0.484. The molecular weight excluding hydrogens is 538 g/mol. The molecule has 2 aromatic carbocycles. The molecule has 41 heavy (non-hydrogen) atoms. The quantitative estimate of drug-likeness (QED) is 0.319. The lowest BCUT2D eigenvalue weighted by Crippen LogP contribution is -2.42. The number of benzene rings is 2. The van der Waals surface area contributed by atoms with E-state index in [0.29, 0.717) is 47.6 Å². The van der Waals surface area contributed by atoms with Crippen LogP contribution in [0.4, 0.5) is 4.79 Å². The van der Waals surface area contributed by atoms with Gasteiger partial charge in [0.2, 0.25) is 5.82 Å². The summed E-state index contributed by atoms with van der Waals surface area (Å²) >= 11 is 3.53. The summed E-state index contributed by atoms with van der Waals surface area (Å²) in [7, 11) is 0. The number of rotatable bonds is 5. The van der Waals surface area contributed by atoms with E-state index in [1.165, 1.54) is 17.5 Å². The van der Waals surface area contributed by atoms with Crippen molar-refractivity contribution in [2.24, 2.45) is 11.7 Å². The van der Waals surface area contributed by atoms with Gasteiger partial charge in [0, 0.05) is 30.8 Å². The van der Waals surface area contributed by atoms with E-state index in [9.17, 15) is 10.1 Å². The number of aromatic nitrogens is 2. The summed E-state index contributed by atoms with van der Waals surface area (Å²) < 4.78 is 11.1. The maximum atomic E-state index is 10.6. The Morgan fingerprint density at radius 2 is 1.93 bits per heavy atom. The van der Waals surface area contributed by atoms with Crippen LogP contribution < -0.4 is 10.5 Å². The molecule has 1 aromatic heterocycles. The normalized spacial score (nSPS) is 13.9. The maximum absolute atomic E-state index is 10.6. The third kappa shape index (κ3) is 9.23. The molecule has 2 heterocycles. The number of nitrogens with zero attached hydrogens (tertiary/aromatic N) is 4. The molecule has 0 unspecified atom stereocenters. The minimum absolute atomic E-state index is 0.00290. The number of ether oxygens (including phenoxy) is 1. The molecule has 1 aliphatic heterocycles. The molecule has 0 saturated carbocycles. The number of aliphatic hydroxyl groups excluding tert-OH is 1. The highest BCUT2D eigenvalue weighted by atomic mass is 32.1. The van der Waals surface area contributed by atoms with Gasteiger partial charge in [0.25, 0.3) is 5.89 Å². The van der Waals surface area contributed by atoms with Gasteiger partial charge in [0.1, 0.15) is 11.8 Å². The largest absolute Gasteiger partial charge is 0.490 e. The van der Waals surface area contributed by atoms with E-state index in [4.69, 9.17) is 20.1 Å². The fourth-order valence-corrected chi connectivity index (χ4v) is 4.72. The molecule has 2 aliphatic rings. The highest BCUT2D eigenvalue weighted by Crippen LogP contribution is 2.33. The molecule has 1 saturated heterocycles. The summed E-state index contributed by atoms with van der Waals surface area (Å²) in [5.74, 6) is 1.93. The molecule has 222 valence electrons. The predicted octanol–water partition coefficient (Wildman–Crippen LogP) is 5.89. The van der Waals surface area contributed by atoms with Crippen molar-refractivity contribution in [3.63, 3.8) is 0 Å². The Morgan fingerprint density at radius 3 is 2.54 bits per heavy atom. The molecule has 1 aliphatic carbocycles. The second-order valence-electron chi connectivity index (χ2n) is 9.66. The van der Waals surface area contributed by atoms with E-state index in [-0.39, 0.29) is 18.7 Å². The number of thiol groups is 1. The number of aryl methyl sites for hydroxylation is 1. The highest BCUT2D eigenvalue weighted by molar-refractivity contribution is 7.79. The third-order valence-corrected chi connectivity index (χ3v) is 6.71. The smallest absolute Gasteiger partial charge is 0.314 e. The number of hydrogen-bond acceptors (Lipinski definition) is 8. The average Bonchev–Trinajstić information content (AvgIpc) is 3.70. The number of urea groups is 1. The first-order chi connectivity index (χ1) is 19.9. The zero-order chi connectivity index (χ0) is 30.4. The van der Waals surface area contributed by atoms with Crippen molar-refractivity contribution >= 4 is 18.7 Å². The number of carbonyl (C=O) groups is 1. The second kappa shape index (κ2) is 17.3. The van der Waals surface area contributed by atoms with Crippen LogP contribution in [0, 0.1) is 17.2 Å². The lowest BCUT2D eigenvalue weighted by atomic mass is 9.98. The summed E-state index contributed by atoms with van der Waals surface area (Å²) in [6.45, 7) is 9.48. The van der Waals surface area contributed by atoms with Gasteiger partial charge in [-0.15, -0.1) is 0 Å². The van der Waals surface area contributed by atoms with Crippen molar-refractivity contribution in [1.29, 1.82) is 5.26 Å². The van der Waals surface area contributed by atoms with Gasteiger partial charge < -0.3 is 25.0 Å². The van der Waals surface area contributed by atoms with Crippen LogP contribution in [0.5, 0.6) is 5.75 Å². The van der Waals surface area contributed by atoms with Crippen molar-refractivity contribution < 1.29 is 19.2 Å². The molecule has 1 fully saturated rings. The van der Waals surface area contributed by atoms with Crippen LogP contribution in [0.3, 0.4) is 0 Å². The van der Waals surface area contributed by atoms with Gasteiger partial charge in [-0.3, -0.25) is 0 Å². The summed E-state index contributed by atoms with van der Waals surface area (Å²) in [6.07, 6.45) is 6.77.